The summed E-state index contributed by atoms with van der Waals surface area (Å²) in [6, 6.07) is 0. The van der Waals surface area contributed by atoms with Gasteiger partial charge in [-0.3, -0.25) is 4.68 Å². The minimum atomic E-state index is 0.893. The minimum absolute atomic E-state index is 0.893. The molecular formula is C12H22N4. The number of anilines is 1. The van der Waals surface area contributed by atoms with Crippen molar-refractivity contribution in [3.8, 4) is 0 Å². The van der Waals surface area contributed by atoms with Gasteiger partial charge in [0.2, 0.25) is 0 Å². The Kier molecular flexibility index (Phi) is 4.22. The fraction of sp³-hybridized carbons (Fsp3) is 0.750. The lowest BCUT2D eigenvalue weighted by molar-refractivity contribution is 0.353. The maximum absolute atomic E-state index is 4.13. The summed E-state index contributed by atoms with van der Waals surface area (Å²) in [5, 5.41) is 11.0. The lowest BCUT2D eigenvalue weighted by atomic mass is 9.95. The van der Waals surface area contributed by atoms with Crippen LogP contribution in [-0.4, -0.2) is 29.4 Å². The fourth-order valence-corrected chi connectivity index (χ4v) is 2.31. The van der Waals surface area contributed by atoms with E-state index in [9.17, 15) is 0 Å². The third kappa shape index (κ3) is 3.52. The summed E-state index contributed by atoms with van der Waals surface area (Å²) >= 11 is 0. The van der Waals surface area contributed by atoms with Crippen molar-refractivity contribution >= 4 is 5.69 Å². The summed E-state index contributed by atoms with van der Waals surface area (Å²) < 4.78 is 1.83. The molecule has 16 heavy (non-hydrogen) atoms. The molecule has 1 aliphatic rings. The van der Waals surface area contributed by atoms with Crippen LogP contribution in [0.5, 0.6) is 0 Å². The highest BCUT2D eigenvalue weighted by Crippen LogP contribution is 2.15. The van der Waals surface area contributed by atoms with E-state index >= 15 is 0 Å². The van der Waals surface area contributed by atoms with E-state index in [-0.39, 0.29) is 0 Å². The van der Waals surface area contributed by atoms with Crippen LogP contribution in [0.2, 0.25) is 0 Å². The van der Waals surface area contributed by atoms with Crippen LogP contribution in [0.15, 0.2) is 12.4 Å². The van der Waals surface area contributed by atoms with E-state index in [1.54, 1.807) is 0 Å². The van der Waals surface area contributed by atoms with Crippen molar-refractivity contribution in [3.63, 3.8) is 0 Å². The summed E-state index contributed by atoms with van der Waals surface area (Å²) in [6.45, 7) is 3.49. The quantitative estimate of drug-likeness (QED) is 0.744. The molecule has 1 aliphatic heterocycles. The van der Waals surface area contributed by atoms with Crippen LogP contribution in [0.25, 0.3) is 0 Å². The molecule has 0 amide bonds. The lowest BCUT2D eigenvalue weighted by Crippen LogP contribution is -2.29. The zero-order chi connectivity index (χ0) is 11.2. The summed E-state index contributed by atoms with van der Waals surface area (Å²) in [5.41, 5.74) is 1.13. The SMILES string of the molecule is Cn1cc(NCCCC2CCCNC2)cn1. The van der Waals surface area contributed by atoms with Crippen LogP contribution in [0, 0.1) is 5.92 Å². The topological polar surface area (TPSA) is 41.9 Å². The molecule has 90 valence electrons. The highest BCUT2D eigenvalue weighted by Gasteiger charge is 2.11. The second kappa shape index (κ2) is 5.89. The van der Waals surface area contributed by atoms with Crippen molar-refractivity contribution in [3.05, 3.63) is 12.4 Å². The first-order valence-corrected chi connectivity index (χ1v) is 6.28. The maximum Gasteiger partial charge on any atom is 0.0726 e. The molecule has 0 saturated carbocycles. The number of aromatic nitrogens is 2. The first-order chi connectivity index (χ1) is 7.84. The van der Waals surface area contributed by atoms with Crippen molar-refractivity contribution in [2.45, 2.75) is 25.7 Å². The first kappa shape index (κ1) is 11.5. The second-order valence-electron chi connectivity index (χ2n) is 4.68. The normalized spacial score (nSPS) is 20.9. The third-order valence-electron chi connectivity index (χ3n) is 3.22. The number of nitrogens with one attached hydrogen (secondary N) is 2. The maximum atomic E-state index is 4.13. The Morgan fingerprint density at radius 2 is 2.56 bits per heavy atom. The van der Waals surface area contributed by atoms with Gasteiger partial charge in [0.15, 0.2) is 0 Å². The standard InChI is InChI=1S/C12H22N4/c1-16-10-12(9-15-16)14-7-3-5-11-4-2-6-13-8-11/h9-11,13-14H,2-8H2,1H3. The van der Waals surface area contributed by atoms with Gasteiger partial charge in [-0.25, -0.2) is 0 Å². The molecular weight excluding hydrogens is 200 g/mol. The third-order valence-corrected chi connectivity index (χ3v) is 3.22. The van der Waals surface area contributed by atoms with Gasteiger partial charge >= 0.3 is 0 Å². The van der Waals surface area contributed by atoms with Crippen LogP contribution < -0.4 is 10.6 Å². The largest absolute Gasteiger partial charge is 0.383 e. The van der Waals surface area contributed by atoms with E-state index in [4.69, 9.17) is 0 Å². The van der Waals surface area contributed by atoms with Crippen molar-refractivity contribution in [2.24, 2.45) is 13.0 Å². The van der Waals surface area contributed by atoms with E-state index in [1.165, 1.54) is 38.8 Å². The molecule has 2 rings (SSSR count). The van der Waals surface area contributed by atoms with Gasteiger partial charge in [0.05, 0.1) is 11.9 Å². The van der Waals surface area contributed by atoms with Crippen molar-refractivity contribution in [2.75, 3.05) is 25.0 Å². The van der Waals surface area contributed by atoms with E-state index < -0.39 is 0 Å². The van der Waals surface area contributed by atoms with E-state index in [0.717, 1.165) is 18.2 Å². The van der Waals surface area contributed by atoms with E-state index in [0.29, 0.717) is 0 Å². The number of piperidine rings is 1. The van der Waals surface area contributed by atoms with Gasteiger partial charge in [-0.05, 0) is 44.7 Å². The molecule has 1 fully saturated rings. The van der Waals surface area contributed by atoms with Gasteiger partial charge in [-0.15, -0.1) is 0 Å². The van der Waals surface area contributed by atoms with E-state index in [2.05, 4.69) is 15.7 Å². The molecule has 1 atom stereocenters. The van der Waals surface area contributed by atoms with Crippen LogP contribution >= 0.6 is 0 Å². The molecule has 1 aromatic heterocycles. The Bertz CT molecular complexity index is 302. The Morgan fingerprint density at radius 3 is 3.25 bits per heavy atom. The molecule has 0 spiro atoms. The molecule has 2 heterocycles. The number of rotatable bonds is 5. The smallest absolute Gasteiger partial charge is 0.0726 e. The highest BCUT2D eigenvalue weighted by molar-refractivity contribution is 5.37. The molecule has 1 unspecified atom stereocenters. The van der Waals surface area contributed by atoms with Gasteiger partial charge in [-0.1, -0.05) is 0 Å². The molecule has 0 aliphatic carbocycles. The predicted molar refractivity (Wildman–Crippen MR) is 66.5 cm³/mol. The summed E-state index contributed by atoms with van der Waals surface area (Å²) in [6.07, 6.45) is 9.23. The Hall–Kier alpha value is -1.03. The van der Waals surface area contributed by atoms with E-state index in [1.807, 2.05) is 24.1 Å². The molecule has 0 bridgehead atoms. The summed E-state index contributed by atoms with van der Waals surface area (Å²) in [4.78, 5) is 0. The molecule has 0 aromatic carbocycles. The molecule has 1 saturated heterocycles. The number of aryl methyl sites for hydroxylation is 1. The van der Waals surface area contributed by atoms with Crippen LogP contribution in [0.3, 0.4) is 0 Å². The van der Waals surface area contributed by atoms with Gasteiger partial charge in [-0.2, -0.15) is 5.10 Å². The number of hydrogen-bond acceptors (Lipinski definition) is 3. The minimum Gasteiger partial charge on any atom is -0.383 e. The van der Waals surface area contributed by atoms with Crippen LogP contribution in [0.4, 0.5) is 5.69 Å². The van der Waals surface area contributed by atoms with Crippen LogP contribution in [-0.2, 0) is 7.05 Å². The molecule has 1 aromatic rings. The van der Waals surface area contributed by atoms with Gasteiger partial charge < -0.3 is 10.6 Å². The Morgan fingerprint density at radius 1 is 1.62 bits per heavy atom. The Labute approximate surface area is 97.4 Å². The van der Waals surface area contributed by atoms with Crippen molar-refractivity contribution in [1.29, 1.82) is 0 Å². The zero-order valence-corrected chi connectivity index (χ0v) is 10.1. The molecule has 2 N–H and O–H groups in total. The molecule has 0 radical (unpaired) electrons. The van der Waals surface area contributed by atoms with Gasteiger partial charge in [0.25, 0.3) is 0 Å². The van der Waals surface area contributed by atoms with Crippen LogP contribution in [0.1, 0.15) is 25.7 Å². The van der Waals surface area contributed by atoms with Crippen molar-refractivity contribution < 1.29 is 0 Å². The second-order valence-corrected chi connectivity index (χ2v) is 4.68. The first-order valence-electron chi connectivity index (χ1n) is 6.28. The summed E-state index contributed by atoms with van der Waals surface area (Å²) in [5.74, 6) is 0.893. The fourth-order valence-electron chi connectivity index (χ4n) is 2.31. The average Bonchev–Trinajstić information content (AvgIpc) is 2.72. The monoisotopic (exact) mass is 222 g/mol. The zero-order valence-electron chi connectivity index (χ0n) is 10.1. The Balaban J connectivity index is 1.57. The predicted octanol–water partition coefficient (Wildman–Crippen LogP) is 1.61. The summed E-state index contributed by atoms with van der Waals surface area (Å²) in [7, 11) is 1.94. The number of hydrogen-bond donors (Lipinski definition) is 2. The van der Waals surface area contributed by atoms with Gasteiger partial charge in [0, 0.05) is 19.8 Å². The molecule has 4 heteroatoms. The molecule has 4 nitrogen and oxygen atoms in total. The average molecular weight is 222 g/mol. The van der Waals surface area contributed by atoms with Gasteiger partial charge in [0.1, 0.15) is 0 Å². The highest BCUT2D eigenvalue weighted by atomic mass is 15.3. The number of nitrogens with zero attached hydrogens (tertiary/aromatic N) is 2. The van der Waals surface area contributed by atoms with Crippen molar-refractivity contribution in [1.82, 2.24) is 15.1 Å². The lowest BCUT2D eigenvalue weighted by Gasteiger charge is -2.22.